The number of aliphatic hydroxyl groups excluding tert-OH is 1. The Balaban J connectivity index is 0.955. The standard InChI is InChI=1S/C77H85NO15/c1-54-66(82-47-58-30-14-5-15-31-58)65(79)69(85-50-61-36-20-8-21-37-61)75(90-54)92-71-68(84-49-60-34-18-7-19-35-60)56(3)91-76(72(71)87-52-63-40-24-10-25-41-63)93-73-70(86-51-62-38-22-9-23-39-62)67(83-48-59-32-16-6-17-33-59)55(2)89-74(73)81-45-44-78(46-57-28-12-4-13-29-57)77(80)88-53-64-42-26-11-27-43-64/h4-43,54-56,65-76,79H,44-53H2,1-3H3/t54-,55-,56-,65+,66-,67-,68-,69+,70+,71+,72+,73+,74+,75-,76-/m0/s1. The Morgan fingerprint density at radius 1 is 0.333 bits per heavy atom. The summed E-state index contributed by atoms with van der Waals surface area (Å²) in [7, 11) is 0. The maximum absolute atomic E-state index is 14.2. The van der Waals surface area contributed by atoms with Gasteiger partial charge in [-0.1, -0.05) is 243 Å². The molecule has 0 radical (unpaired) electrons. The Labute approximate surface area is 546 Å². The molecule has 8 aromatic carbocycles. The molecule has 1 amide bonds. The van der Waals surface area contributed by atoms with Crippen molar-refractivity contribution < 1.29 is 71.5 Å². The molecule has 15 atom stereocenters. The summed E-state index contributed by atoms with van der Waals surface area (Å²) in [6.45, 7) is 7.17. The number of hydrogen-bond acceptors (Lipinski definition) is 15. The predicted octanol–water partition coefficient (Wildman–Crippen LogP) is 12.7. The summed E-state index contributed by atoms with van der Waals surface area (Å²) in [6, 6.07) is 78.4. The minimum Gasteiger partial charge on any atom is -0.445 e. The summed E-state index contributed by atoms with van der Waals surface area (Å²) in [5.74, 6) is 0. The van der Waals surface area contributed by atoms with Crippen LogP contribution in [0.15, 0.2) is 243 Å². The Hall–Kier alpha value is -7.49. The van der Waals surface area contributed by atoms with Crippen LogP contribution in [0.5, 0.6) is 0 Å². The van der Waals surface area contributed by atoms with Crippen molar-refractivity contribution in [2.75, 3.05) is 13.2 Å². The molecule has 3 aliphatic heterocycles. The minimum atomic E-state index is -1.27. The number of amides is 1. The summed E-state index contributed by atoms with van der Waals surface area (Å²) >= 11 is 0. The van der Waals surface area contributed by atoms with Gasteiger partial charge in [0, 0.05) is 13.1 Å². The van der Waals surface area contributed by atoms with E-state index in [2.05, 4.69) is 0 Å². The Kier molecular flexibility index (Phi) is 24.9. The Morgan fingerprint density at radius 2 is 0.634 bits per heavy atom. The summed E-state index contributed by atoms with van der Waals surface area (Å²) in [6.07, 6.45) is -15.1. The highest BCUT2D eigenvalue weighted by Crippen LogP contribution is 2.39. The van der Waals surface area contributed by atoms with Crippen LogP contribution in [0.2, 0.25) is 0 Å². The van der Waals surface area contributed by atoms with Gasteiger partial charge in [0.2, 0.25) is 0 Å². The van der Waals surface area contributed by atoms with Gasteiger partial charge in [-0.2, -0.15) is 0 Å². The second-order valence-electron chi connectivity index (χ2n) is 23.7. The van der Waals surface area contributed by atoms with E-state index >= 15 is 0 Å². The van der Waals surface area contributed by atoms with E-state index in [1.165, 1.54) is 0 Å². The van der Waals surface area contributed by atoms with Crippen molar-refractivity contribution in [3.63, 3.8) is 0 Å². The minimum absolute atomic E-state index is 0.0115. The molecular weight excluding hydrogens is 1180 g/mol. The third-order valence-electron chi connectivity index (χ3n) is 16.8. The number of nitrogens with zero attached hydrogens (tertiary/aromatic N) is 1. The second-order valence-corrected chi connectivity index (χ2v) is 23.7. The van der Waals surface area contributed by atoms with Crippen molar-refractivity contribution in [3.05, 3.63) is 287 Å². The van der Waals surface area contributed by atoms with Gasteiger partial charge in [-0.25, -0.2) is 4.79 Å². The number of aliphatic hydroxyl groups is 1. The molecule has 0 aliphatic carbocycles. The molecule has 0 spiro atoms. The molecule has 16 heteroatoms. The lowest BCUT2D eigenvalue weighted by Gasteiger charge is -2.51. The molecule has 1 N–H and O–H groups in total. The summed E-state index contributed by atoms with van der Waals surface area (Å²) < 4.78 is 90.4. The molecule has 3 fully saturated rings. The molecule has 0 unspecified atom stereocenters. The van der Waals surface area contributed by atoms with Crippen LogP contribution < -0.4 is 0 Å². The molecule has 3 aliphatic rings. The van der Waals surface area contributed by atoms with Crippen molar-refractivity contribution >= 4 is 6.09 Å². The number of benzene rings is 8. The molecular formula is C77H85NO15. The van der Waals surface area contributed by atoms with E-state index in [0.29, 0.717) is 0 Å². The highest BCUT2D eigenvalue weighted by molar-refractivity contribution is 5.67. The summed E-state index contributed by atoms with van der Waals surface area (Å²) in [5, 5.41) is 12.6. The number of carbonyl (C=O) groups is 1. The van der Waals surface area contributed by atoms with Gasteiger partial charge in [0.25, 0.3) is 0 Å². The molecule has 0 bridgehead atoms. The predicted molar refractivity (Wildman–Crippen MR) is 348 cm³/mol. The van der Waals surface area contributed by atoms with Gasteiger partial charge in [0.1, 0.15) is 61.5 Å². The van der Waals surface area contributed by atoms with Gasteiger partial charge >= 0.3 is 6.09 Å². The van der Waals surface area contributed by atoms with E-state index in [1.807, 2.05) is 263 Å². The fourth-order valence-electron chi connectivity index (χ4n) is 11.9. The topological polar surface area (TPSA) is 161 Å². The quantitative estimate of drug-likeness (QED) is 0.0452. The highest BCUT2D eigenvalue weighted by atomic mass is 16.8. The molecule has 93 heavy (non-hydrogen) atoms. The fourth-order valence-corrected chi connectivity index (χ4v) is 11.9. The van der Waals surface area contributed by atoms with Crippen molar-refractivity contribution in [2.24, 2.45) is 0 Å². The van der Waals surface area contributed by atoms with Crippen LogP contribution in [0, 0.1) is 0 Å². The van der Waals surface area contributed by atoms with Crippen molar-refractivity contribution in [2.45, 2.75) is 166 Å². The maximum Gasteiger partial charge on any atom is 0.410 e. The first-order valence-corrected chi connectivity index (χ1v) is 32.2. The van der Waals surface area contributed by atoms with Crippen molar-refractivity contribution in [1.29, 1.82) is 0 Å². The lowest BCUT2D eigenvalue weighted by Crippen LogP contribution is -2.67. The number of rotatable bonds is 30. The SMILES string of the molecule is C[C@@H]1O[C@@H](O[C@@H]2[C@@H](OCc3ccccc3)[C@H](C)O[C@@H](O[C@H]3[C@H](OCCN(Cc4ccccc4)C(=O)OCc4ccccc4)O[C@@H](C)[C@H](OCc4ccccc4)[C@H]3OCc3ccccc3)[C@@H]2OCc2ccccc2)[C@H](OCc2ccccc2)[C@H](O)[C@H]1OCc1ccccc1. The van der Waals surface area contributed by atoms with Crippen molar-refractivity contribution in [1.82, 2.24) is 4.90 Å². The van der Waals surface area contributed by atoms with Gasteiger partial charge < -0.3 is 71.6 Å². The van der Waals surface area contributed by atoms with Gasteiger partial charge in [0.05, 0.1) is 64.6 Å². The van der Waals surface area contributed by atoms with Crippen LogP contribution in [0.25, 0.3) is 0 Å². The van der Waals surface area contributed by atoms with Gasteiger partial charge in [-0.05, 0) is 65.3 Å². The van der Waals surface area contributed by atoms with Crippen molar-refractivity contribution in [3.8, 4) is 0 Å². The number of hydrogen-bond donors (Lipinski definition) is 1. The molecule has 0 aromatic heterocycles. The van der Waals surface area contributed by atoms with Gasteiger partial charge in [-0.15, -0.1) is 0 Å². The number of ether oxygens (including phenoxy) is 13. The van der Waals surface area contributed by atoms with Crippen LogP contribution in [-0.4, -0.2) is 121 Å². The highest BCUT2D eigenvalue weighted by Gasteiger charge is 2.56. The van der Waals surface area contributed by atoms with Crippen LogP contribution in [0.4, 0.5) is 4.79 Å². The monoisotopic (exact) mass is 1260 g/mol. The van der Waals surface area contributed by atoms with Crippen LogP contribution in [0.1, 0.15) is 65.3 Å². The first-order chi connectivity index (χ1) is 45.7. The van der Waals surface area contributed by atoms with Gasteiger partial charge in [0.15, 0.2) is 18.9 Å². The van der Waals surface area contributed by atoms with E-state index in [1.54, 1.807) is 4.90 Å². The van der Waals surface area contributed by atoms with Crippen LogP contribution in [-0.2, 0) is 114 Å². The molecule has 3 heterocycles. The lowest BCUT2D eigenvalue weighted by atomic mass is 9.95. The lowest BCUT2D eigenvalue weighted by molar-refractivity contribution is -0.393. The van der Waals surface area contributed by atoms with E-state index in [9.17, 15) is 9.90 Å². The zero-order valence-electron chi connectivity index (χ0n) is 52.9. The van der Waals surface area contributed by atoms with Crippen LogP contribution >= 0.6 is 0 Å². The zero-order valence-corrected chi connectivity index (χ0v) is 52.9. The molecule has 488 valence electrons. The fraction of sp³-hybridized carbons (Fsp3) is 0.364. The average Bonchev–Trinajstić information content (AvgIpc) is 0.847. The Morgan fingerprint density at radius 3 is 1.05 bits per heavy atom. The first kappa shape index (κ1) is 66.9. The first-order valence-electron chi connectivity index (χ1n) is 32.2. The van der Waals surface area contributed by atoms with E-state index in [4.69, 9.17) is 61.6 Å². The maximum atomic E-state index is 14.2. The zero-order chi connectivity index (χ0) is 64.0. The van der Waals surface area contributed by atoms with Gasteiger partial charge in [-0.3, -0.25) is 0 Å². The second kappa shape index (κ2) is 34.6. The van der Waals surface area contributed by atoms with E-state index in [0.717, 1.165) is 44.5 Å². The van der Waals surface area contributed by atoms with Crippen LogP contribution in [0.3, 0.4) is 0 Å². The van der Waals surface area contributed by atoms with E-state index in [-0.39, 0.29) is 65.9 Å². The normalized spacial score (nSPS) is 26.3. The average molecular weight is 1260 g/mol. The molecule has 8 aromatic rings. The largest absolute Gasteiger partial charge is 0.445 e. The summed E-state index contributed by atoms with van der Waals surface area (Å²) in [4.78, 5) is 15.8. The number of carbonyl (C=O) groups excluding carboxylic acids is 1. The third kappa shape index (κ3) is 19.1. The molecule has 0 saturated carbocycles. The molecule has 11 rings (SSSR count). The summed E-state index contributed by atoms with van der Waals surface area (Å²) in [5.41, 5.74) is 7.24. The van der Waals surface area contributed by atoms with E-state index < -0.39 is 98.2 Å². The smallest absolute Gasteiger partial charge is 0.410 e. The Bertz CT molecular complexity index is 3390. The molecule has 3 saturated heterocycles. The third-order valence-corrected chi connectivity index (χ3v) is 16.8. The molecule has 16 nitrogen and oxygen atoms in total.